The topological polar surface area (TPSA) is 70.4 Å². The lowest BCUT2D eigenvalue weighted by atomic mass is 10.2. The van der Waals surface area contributed by atoms with Crippen molar-refractivity contribution < 1.29 is 14.3 Å². The number of aromatic nitrogens is 2. The average molecular weight is 338 g/mol. The Labute approximate surface area is 144 Å². The first-order valence-corrected chi connectivity index (χ1v) is 7.93. The number of para-hydroxylation sites is 2. The van der Waals surface area contributed by atoms with E-state index in [-0.39, 0.29) is 25.3 Å². The van der Waals surface area contributed by atoms with Gasteiger partial charge in [-0.05, 0) is 30.7 Å². The Bertz CT molecular complexity index is 949. The van der Waals surface area contributed by atoms with E-state index in [2.05, 4.69) is 4.98 Å². The Kier molecular flexibility index (Phi) is 5.09. The average Bonchev–Trinajstić information content (AvgIpc) is 2.63. The van der Waals surface area contributed by atoms with E-state index in [9.17, 15) is 9.59 Å². The minimum atomic E-state index is -0.507. The number of rotatable bonds is 6. The molecule has 0 atom stereocenters. The van der Waals surface area contributed by atoms with Crippen LogP contribution in [0, 0.1) is 6.92 Å². The highest BCUT2D eigenvalue weighted by molar-refractivity contribution is 5.77. The van der Waals surface area contributed by atoms with Crippen molar-refractivity contribution in [1.82, 2.24) is 9.55 Å². The zero-order valence-electron chi connectivity index (χ0n) is 13.8. The number of aryl methyl sites for hydroxylation is 1. The van der Waals surface area contributed by atoms with Crippen LogP contribution in [0.2, 0.25) is 0 Å². The van der Waals surface area contributed by atoms with E-state index in [4.69, 9.17) is 9.47 Å². The molecule has 0 radical (unpaired) electrons. The number of nitrogens with zero attached hydrogens (tertiary/aromatic N) is 2. The second kappa shape index (κ2) is 7.61. The van der Waals surface area contributed by atoms with Gasteiger partial charge in [-0.3, -0.25) is 14.2 Å². The van der Waals surface area contributed by atoms with Gasteiger partial charge in [0.15, 0.2) is 0 Å². The molecule has 0 amide bonds. The van der Waals surface area contributed by atoms with Gasteiger partial charge in [0.05, 0.1) is 17.2 Å². The van der Waals surface area contributed by atoms with Crippen molar-refractivity contribution in [2.75, 3.05) is 13.2 Å². The molecule has 2 aromatic carbocycles. The van der Waals surface area contributed by atoms with Gasteiger partial charge in [-0.2, -0.15) is 0 Å². The summed E-state index contributed by atoms with van der Waals surface area (Å²) in [6.45, 7) is 2.13. The molecule has 0 saturated carbocycles. The summed E-state index contributed by atoms with van der Waals surface area (Å²) in [5, 5.41) is 0.473. The lowest BCUT2D eigenvalue weighted by Crippen LogP contribution is -2.26. The number of ether oxygens (including phenoxy) is 2. The third-order valence-electron chi connectivity index (χ3n) is 3.73. The summed E-state index contributed by atoms with van der Waals surface area (Å²) in [5.41, 5.74) is 1.35. The number of fused-ring (bicyclic) bond motifs is 1. The summed E-state index contributed by atoms with van der Waals surface area (Å²) < 4.78 is 11.9. The number of hydrogen-bond acceptors (Lipinski definition) is 5. The molecule has 0 spiro atoms. The number of benzene rings is 2. The number of carbonyl (C=O) groups excluding carboxylic acids is 1. The molecule has 0 fully saturated rings. The monoisotopic (exact) mass is 338 g/mol. The van der Waals surface area contributed by atoms with Crippen molar-refractivity contribution in [3.63, 3.8) is 0 Å². The van der Waals surface area contributed by atoms with Crippen molar-refractivity contribution >= 4 is 16.9 Å². The Morgan fingerprint density at radius 2 is 1.84 bits per heavy atom. The molecule has 0 unspecified atom stereocenters. The van der Waals surface area contributed by atoms with Crippen molar-refractivity contribution in [3.05, 3.63) is 70.8 Å². The molecule has 0 bridgehead atoms. The molecule has 3 aromatic rings. The molecule has 3 rings (SSSR count). The molecule has 1 aromatic heterocycles. The van der Waals surface area contributed by atoms with Crippen LogP contribution < -0.4 is 10.3 Å². The summed E-state index contributed by atoms with van der Waals surface area (Å²) in [4.78, 5) is 28.4. The summed E-state index contributed by atoms with van der Waals surface area (Å²) in [7, 11) is 0. The Morgan fingerprint density at radius 1 is 1.08 bits per heavy atom. The molecule has 0 aliphatic heterocycles. The highest BCUT2D eigenvalue weighted by Gasteiger charge is 2.09. The maximum absolute atomic E-state index is 12.3. The second-order valence-corrected chi connectivity index (χ2v) is 5.53. The van der Waals surface area contributed by atoms with Gasteiger partial charge in [-0.25, -0.2) is 4.98 Å². The molecule has 0 N–H and O–H groups in total. The van der Waals surface area contributed by atoms with Crippen LogP contribution in [0.4, 0.5) is 0 Å². The molecule has 0 aliphatic rings. The molecule has 0 saturated heterocycles. The van der Waals surface area contributed by atoms with Crippen LogP contribution in [0.1, 0.15) is 5.56 Å². The SMILES string of the molecule is Cc1ccccc1OCCOC(=O)Cn1cnc2ccccc2c1=O. The van der Waals surface area contributed by atoms with Gasteiger partial charge in [-0.1, -0.05) is 30.3 Å². The van der Waals surface area contributed by atoms with Gasteiger partial charge in [0.25, 0.3) is 5.56 Å². The smallest absolute Gasteiger partial charge is 0.326 e. The normalized spacial score (nSPS) is 10.6. The molecule has 128 valence electrons. The summed E-state index contributed by atoms with van der Waals surface area (Å²) in [5.74, 6) is 0.251. The van der Waals surface area contributed by atoms with E-state index in [1.165, 1.54) is 10.9 Å². The van der Waals surface area contributed by atoms with Gasteiger partial charge < -0.3 is 9.47 Å². The molecule has 1 heterocycles. The maximum atomic E-state index is 12.3. The van der Waals surface area contributed by atoms with E-state index < -0.39 is 5.97 Å². The van der Waals surface area contributed by atoms with Crippen molar-refractivity contribution in [1.29, 1.82) is 0 Å². The van der Waals surface area contributed by atoms with Crippen LogP contribution in [0.3, 0.4) is 0 Å². The molecule has 6 nitrogen and oxygen atoms in total. The molecular formula is C19H18N2O4. The number of carbonyl (C=O) groups is 1. The van der Waals surface area contributed by atoms with Crippen LogP contribution in [0.5, 0.6) is 5.75 Å². The van der Waals surface area contributed by atoms with Gasteiger partial charge in [-0.15, -0.1) is 0 Å². The summed E-state index contributed by atoms with van der Waals surface area (Å²) in [6, 6.07) is 14.6. The fraction of sp³-hybridized carbons (Fsp3) is 0.211. The van der Waals surface area contributed by atoms with E-state index in [1.54, 1.807) is 18.2 Å². The quantitative estimate of drug-likeness (QED) is 0.510. The molecule has 25 heavy (non-hydrogen) atoms. The van der Waals surface area contributed by atoms with Crippen molar-refractivity contribution in [2.24, 2.45) is 0 Å². The zero-order valence-corrected chi connectivity index (χ0v) is 13.8. The van der Waals surface area contributed by atoms with Gasteiger partial charge in [0.1, 0.15) is 25.5 Å². The van der Waals surface area contributed by atoms with E-state index >= 15 is 0 Å². The second-order valence-electron chi connectivity index (χ2n) is 5.53. The highest BCUT2D eigenvalue weighted by atomic mass is 16.6. The minimum absolute atomic E-state index is 0.114. The summed E-state index contributed by atoms with van der Waals surface area (Å²) in [6.07, 6.45) is 1.36. The fourth-order valence-electron chi connectivity index (χ4n) is 2.43. The van der Waals surface area contributed by atoms with E-state index in [0.717, 1.165) is 11.3 Å². The maximum Gasteiger partial charge on any atom is 0.326 e. The number of esters is 1. The Hall–Kier alpha value is -3.15. The molecular weight excluding hydrogens is 320 g/mol. The van der Waals surface area contributed by atoms with Gasteiger partial charge in [0.2, 0.25) is 0 Å². The predicted octanol–water partition coefficient (Wildman–Crippen LogP) is 2.33. The lowest BCUT2D eigenvalue weighted by molar-refractivity contribution is -0.145. The Balaban J connectivity index is 1.54. The largest absolute Gasteiger partial charge is 0.490 e. The van der Waals surface area contributed by atoms with Crippen LogP contribution in [-0.2, 0) is 16.1 Å². The Morgan fingerprint density at radius 3 is 2.68 bits per heavy atom. The zero-order chi connectivity index (χ0) is 17.6. The standard InChI is InChI=1S/C19H18N2O4/c1-14-6-2-5-9-17(14)24-10-11-25-18(22)12-21-13-20-16-8-4-3-7-15(16)19(21)23/h2-9,13H,10-12H2,1H3. The third kappa shape index (κ3) is 4.03. The van der Waals surface area contributed by atoms with Crippen LogP contribution in [0.25, 0.3) is 10.9 Å². The first kappa shape index (κ1) is 16.7. The third-order valence-corrected chi connectivity index (χ3v) is 3.73. The fourth-order valence-corrected chi connectivity index (χ4v) is 2.43. The molecule has 0 aliphatic carbocycles. The highest BCUT2D eigenvalue weighted by Crippen LogP contribution is 2.15. The molecule has 6 heteroatoms. The lowest BCUT2D eigenvalue weighted by Gasteiger charge is -2.10. The van der Waals surface area contributed by atoms with Crippen LogP contribution in [0.15, 0.2) is 59.7 Å². The van der Waals surface area contributed by atoms with Crippen molar-refractivity contribution in [3.8, 4) is 5.75 Å². The van der Waals surface area contributed by atoms with Crippen molar-refractivity contribution in [2.45, 2.75) is 13.5 Å². The van der Waals surface area contributed by atoms with Crippen LogP contribution in [-0.4, -0.2) is 28.7 Å². The van der Waals surface area contributed by atoms with Crippen LogP contribution >= 0.6 is 0 Å². The van der Waals surface area contributed by atoms with Gasteiger partial charge in [0, 0.05) is 0 Å². The van der Waals surface area contributed by atoms with Gasteiger partial charge >= 0.3 is 5.97 Å². The first-order valence-electron chi connectivity index (χ1n) is 7.93. The number of hydrogen-bond donors (Lipinski definition) is 0. The minimum Gasteiger partial charge on any atom is -0.490 e. The van der Waals surface area contributed by atoms with E-state index in [1.807, 2.05) is 37.3 Å². The summed E-state index contributed by atoms with van der Waals surface area (Å²) >= 11 is 0. The first-order chi connectivity index (χ1) is 12.1. The predicted molar refractivity (Wildman–Crippen MR) is 93.6 cm³/mol. The van der Waals surface area contributed by atoms with E-state index in [0.29, 0.717) is 10.9 Å².